The van der Waals surface area contributed by atoms with Gasteiger partial charge in [0.2, 0.25) is 0 Å². The molecule has 0 spiro atoms. The Bertz CT molecular complexity index is 640. The molecule has 0 radical (unpaired) electrons. The first kappa shape index (κ1) is 14.7. The van der Waals surface area contributed by atoms with Crippen LogP contribution in [-0.2, 0) is 0 Å². The molecule has 2 rings (SSSR count). The Morgan fingerprint density at radius 3 is 2.86 bits per heavy atom. The lowest BCUT2D eigenvalue weighted by Crippen LogP contribution is -2.25. The van der Waals surface area contributed by atoms with Crippen LogP contribution in [0.2, 0.25) is 0 Å². The second-order valence-electron chi connectivity index (χ2n) is 4.60. The highest BCUT2D eigenvalue weighted by atomic mass is 16.5. The van der Waals surface area contributed by atoms with Crippen LogP contribution in [0, 0.1) is 0 Å². The average molecular weight is 288 g/mol. The highest BCUT2D eigenvalue weighted by Crippen LogP contribution is 2.37. The molecule has 0 unspecified atom stereocenters. The minimum absolute atomic E-state index is 0.0834. The number of carbonyl (C=O) groups is 1. The van der Waals surface area contributed by atoms with Crippen molar-refractivity contribution in [2.45, 2.75) is 19.4 Å². The minimum Gasteiger partial charge on any atom is -0.508 e. The molecule has 0 bridgehead atoms. The number of aliphatic hydroxyl groups is 1. The van der Waals surface area contributed by atoms with E-state index in [0.29, 0.717) is 0 Å². The zero-order valence-corrected chi connectivity index (χ0v) is 11.5. The third-order valence-electron chi connectivity index (χ3n) is 2.94. The molecule has 0 saturated carbocycles. The van der Waals surface area contributed by atoms with Crippen molar-refractivity contribution in [2.24, 2.45) is 0 Å². The van der Waals surface area contributed by atoms with Crippen molar-refractivity contribution in [1.29, 1.82) is 0 Å². The van der Waals surface area contributed by atoms with Gasteiger partial charge in [0.1, 0.15) is 34.7 Å². The van der Waals surface area contributed by atoms with Gasteiger partial charge < -0.3 is 20.1 Å². The molecule has 0 amide bonds. The molecular formula is C16H16O5. The Labute approximate surface area is 122 Å². The molecular weight excluding hydrogens is 272 g/mol. The van der Waals surface area contributed by atoms with E-state index in [1.54, 1.807) is 25.2 Å². The molecule has 3 N–H and O–H groups in total. The number of Topliss-reactive ketones (excluding diaryl/α,β-unsaturated/α-hetero) is 1. The number of benzene rings is 1. The molecule has 110 valence electrons. The lowest BCUT2D eigenvalue weighted by molar-refractivity contribution is 0.0889. The topological polar surface area (TPSA) is 87.0 Å². The Kier molecular flexibility index (Phi) is 4.33. The van der Waals surface area contributed by atoms with Gasteiger partial charge in [-0.3, -0.25) is 4.79 Å². The van der Waals surface area contributed by atoms with Gasteiger partial charge in [0.25, 0.3) is 0 Å². The maximum Gasteiger partial charge on any atom is 0.174 e. The van der Waals surface area contributed by atoms with Crippen LogP contribution in [0.1, 0.15) is 23.7 Å². The summed E-state index contributed by atoms with van der Waals surface area (Å²) in [6, 6.07) is 2.40. The number of allylic oxidation sites excluding steroid dienone is 4. The smallest absolute Gasteiger partial charge is 0.174 e. The van der Waals surface area contributed by atoms with E-state index in [-0.39, 0.29) is 40.8 Å². The number of rotatable bonds is 3. The summed E-state index contributed by atoms with van der Waals surface area (Å²) in [6.07, 6.45) is 7.48. The SMILES string of the molecule is C\C=C/C(O)=C\C=C\[C@@H]1CC(=O)c2c(O)cc(O)cc2O1. The lowest BCUT2D eigenvalue weighted by Gasteiger charge is -2.23. The zero-order valence-electron chi connectivity index (χ0n) is 11.5. The van der Waals surface area contributed by atoms with Crippen LogP contribution in [0.15, 0.2) is 48.3 Å². The summed E-state index contributed by atoms with van der Waals surface area (Å²) in [5, 5.41) is 28.5. The van der Waals surface area contributed by atoms with Crippen LogP contribution >= 0.6 is 0 Å². The number of aliphatic hydroxyl groups excluding tert-OH is 1. The summed E-state index contributed by atoms with van der Waals surface area (Å²) < 4.78 is 5.55. The molecule has 1 heterocycles. The van der Waals surface area contributed by atoms with E-state index in [2.05, 4.69) is 0 Å². The van der Waals surface area contributed by atoms with Crippen LogP contribution in [0.4, 0.5) is 0 Å². The van der Waals surface area contributed by atoms with Crippen LogP contribution in [0.3, 0.4) is 0 Å². The standard InChI is InChI=1S/C16H16O5/c1-2-4-10(17)5-3-6-12-9-14(20)16-13(19)7-11(18)8-15(16)21-12/h2-8,12,17-19H,9H2,1H3/b4-2-,6-3+,10-5+/t12-/m1/s1. The second-order valence-corrected chi connectivity index (χ2v) is 4.60. The van der Waals surface area contributed by atoms with E-state index < -0.39 is 6.10 Å². The monoisotopic (exact) mass is 288 g/mol. The fraction of sp³-hybridized carbons (Fsp3) is 0.188. The largest absolute Gasteiger partial charge is 0.508 e. The quantitative estimate of drug-likeness (QED) is 0.588. The lowest BCUT2D eigenvalue weighted by atomic mass is 9.99. The predicted molar refractivity (Wildman–Crippen MR) is 77.8 cm³/mol. The van der Waals surface area contributed by atoms with Gasteiger partial charge in [-0.2, -0.15) is 0 Å². The summed E-state index contributed by atoms with van der Waals surface area (Å²) in [4.78, 5) is 12.0. The maximum atomic E-state index is 12.0. The third kappa shape index (κ3) is 3.45. The van der Waals surface area contributed by atoms with Crippen molar-refractivity contribution in [3.63, 3.8) is 0 Å². The fourth-order valence-electron chi connectivity index (χ4n) is 2.06. The molecule has 1 atom stereocenters. The number of ketones is 1. The Morgan fingerprint density at radius 1 is 1.38 bits per heavy atom. The minimum atomic E-state index is -0.513. The first-order valence-electron chi connectivity index (χ1n) is 6.47. The molecule has 21 heavy (non-hydrogen) atoms. The number of hydrogen-bond acceptors (Lipinski definition) is 5. The first-order valence-corrected chi connectivity index (χ1v) is 6.47. The van der Waals surface area contributed by atoms with Gasteiger partial charge in [0.15, 0.2) is 5.78 Å². The number of fused-ring (bicyclic) bond motifs is 1. The Hall–Kier alpha value is -2.69. The van der Waals surface area contributed by atoms with Crippen molar-refractivity contribution < 1.29 is 24.9 Å². The van der Waals surface area contributed by atoms with Crippen molar-refractivity contribution in [2.75, 3.05) is 0 Å². The van der Waals surface area contributed by atoms with Gasteiger partial charge in [-0.05, 0) is 25.2 Å². The van der Waals surface area contributed by atoms with Gasteiger partial charge >= 0.3 is 0 Å². The van der Waals surface area contributed by atoms with Crippen LogP contribution in [0.25, 0.3) is 0 Å². The van der Waals surface area contributed by atoms with Gasteiger partial charge in [0.05, 0.1) is 6.42 Å². The Morgan fingerprint density at radius 2 is 2.14 bits per heavy atom. The Balaban J connectivity index is 2.19. The van der Waals surface area contributed by atoms with Crippen molar-refractivity contribution in [1.82, 2.24) is 0 Å². The molecule has 0 aromatic heterocycles. The maximum absolute atomic E-state index is 12.0. The molecule has 1 aliphatic rings. The molecule has 1 aliphatic heterocycles. The summed E-state index contributed by atoms with van der Waals surface area (Å²) in [7, 11) is 0. The summed E-state index contributed by atoms with van der Waals surface area (Å²) >= 11 is 0. The van der Waals surface area contributed by atoms with Gasteiger partial charge in [0, 0.05) is 12.1 Å². The predicted octanol–water partition coefficient (Wildman–Crippen LogP) is 3.01. The van der Waals surface area contributed by atoms with Gasteiger partial charge in [-0.15, -0.1) is 0 Å². The number of aromatic hydroxyl groups is 2. The molecule has 5 heteroatoms. The highest BCUT2D eigenvalue weighted by Gasteiger charge is 2.28. The van der Waals surface area contributed by atoms with E-state index in [1.165, 1.54) is 18.2 Å². The van der Waals surface area contributed by atoms with E-state index in [4.69, 9.17) is 4.74 Å². The van der Waals surface area contributed by atoms with E-state index in [9.17, 15) is 20.1 Å². The van der Waals surface area contributed by atoms with Crippen LogP contribution in [0.5, 0.6) is 17.2 Å². The molecule has 5 nitrogen and oxygen atoms in total. The second kappa shape index (κ2) is 6.17. The van der Waals surface area contributed by atoms with Crippen LogP contribution < -0.4 is 4.74 Å². The van der Waals surface area contributed by atoms with E-state index >= 15 is 0 Å². The van der Waals surface area contributed by atoms with Crippen LogP contribution in [-0.4, -0.2) is 27.2 Å². The molecule has 0 fully saturated rings. The molecule has 1 aromatic carbocycles. The van der Waals surface area contributed by atoms with E-state index in [0.717, 1.165) is 6.07 Å². The van der Waals surface area contributed by atoms with Crippen molar-refractivity contribution >= 4 is 5.78 Å². The zero-order chi connectivity index (χ0) is 15.4. The molecule has 0 saturated heterocycles. The third-order valence-corrected chi connectivity index (χ3v) is 2.94. The highest BCUT2D eigenvalue weighted by molar-refractivity contribution is 6.02. The summed E-state index contributed by atoms with van der Waals surface area (Å²) in [5.74, 6) is -0.478. The summed E-state index contributed by atoms with van der Waals surface area (Å²) in [6.45, 7) is 1.78. The fourth-order valence-corrected chi connectivity index (χ4v) is 2.06. The van der Waals surface area contributed by atoms with Gasteiger partial charge in [-0.25, -0.2) is 0 Å². The first-order chi connectivity index (χ1) is 10.0. The molecule has 1 aromatic rings. The number of phenols is 2. The summed E-state index contributed by atoms with van der Waals surface area (Å²) in [5.41, 5.74) is 0.0877. The average Bonchev–Trinajstić information content (AvgIpc) is 2.37. The number of phenolic OH excluding ortho intramolecular Hbond substituents is 2. The van der Waals surface area contributed by atoms with E-state index in [1.807, 2.05) is 0 Å². The number of carbonyl (C=O) groups excluding carboxylic acids is 1. The van der Waals surface area contributed by atoms with Crippen molar-refractivity contribution in [3.8, 4) is 17.2 Å². The van der Waals surface area contributed by atoms with Gasteiger partial charge in [-0.1, -0.05) is 12.2 Å². The molecule has 0 aliphatic carbocycles. The van der Waals surface area contributed by atoms with Crippen molar-refractivity contribution in [3.05, 3.63) is 53.8 Å². The number of ether oxygens (including phenoxy) is 1. The normalized spacial score (nSPS) is 19.0. The number of hydrogen-bond donors (Lipinski definition) is 3.